The lowest BCUT2D eigenvalue weighted by molar-refractivity contribution is -0.157. The highest BCUT2D eigenvalue weighted by Gasteiger charge is 2.39. The summed E-state index contributed by atoms with van der Waals surface area (Å²) in [5, 5.41) is 2.95. The lowest BCUT2D eigenvalue weighted by atomic mass is 10.2. The van der Waals surface area contributed by atoms with Crippen LogP contribution in [-0.4, -0.2) is 46.1 Å². The van der Waals surface area contributed by atoms with E-state index in [0.717, 1.165) is 4.90 Å². The van der Waals surface area contributed by atoms with Gasteiger partial charge in [0, 0.05) is 6.54 Å². The van der Waals surface area contributed by atoms with Gasteiger partial charge in [-0.05, 0) is 6.42 Å². The number of likely N-dealkylation sites (tertiary alicyclic amines) is 1. The predicted molar refractivity (Wildman–Crippen MR) is 61.7 cm³/mol. The smallest absolute Gasteiger partial charge is 0.357 e. The highest BCUT2D eigenvalue weighted by molar-refractivity contribution is 6.32. The van der Waals surface area contributed by atoms with E-state index in [2.05, 4.69) is 15.3 Å². The molecular formula is C10H10ClF3N4O. The molecule has 2 heterocycles. The van der Waals surface area contributed by atoms with Crippen LogP contribution in [0.5, 0.6) is 0 Å². The van der Waals surface area contributed by atoms with E-state index in [1.165, 1.54) is 12.5 Å². The number of alkyl halides is 3. The molecule has 1 aromatic rings. The molecule has 1 amide bonds. The van der Waals surface area contributed by atoms with Gasteiger partial charge in [-0.1, -0.05) is 11.6 Å². The Kier molecular flexibility index (Phi) is 3.79. The highest BCUT2D eigenvalue weighted by atomic mass is 35.5. The molecule has 0 aliphatic carbocycles. The number of anilines is 1. The zero-order valence-corrected chi connectivity index (χ0v) is 10.4. The average Bonchev–Trinajstić information content (AvgIpc) is 2.63. The fourth-order valence-corrected chi connectivity index (χ4v) is 1.99. The van der Waals surface area contributed by atoms with E-state index in [0.29, 0.717) is 0 Å². The molecule has 1 aromatic heterocycles. The highest BCUT2D eigenvalue weighted by Crippen LogP contribution is 2.24. The topological polar surface area (TPSA) is 58.1 Å². The van der Waals surface area contributed by atoms with Crippen LogP contribution in [0.3, 0.4) is 0 Å². The summed E-state index contributed by atoms with van der Waals surface area (Å²) in [5.41, 5.74) is 0. The number of halogens is 4. The van der Waals surface area contributed by atoms with Gasteiger partial charge in [-0.15, -0.1) is 0 Å². The molecule has 1 aliphatic rings. The number of nitrogens with one attached hydrogen (secondary N) is 1. The summed E-state index contributed by atoms with van der Waals surface area (Å²) in [6, 6.07) is -0.741. The van der Waals surface area contributed by atoms with E-state index in [9.17, 15) is 18.0 Å². The van der Waals surface area contributed by atoms with E-state index >= 15 is 0 Å². The van der Waals surface area contributed by atoms with Gasteiger partial charge >= 0.3 is 6.18 Å². The zero-order chi connectivity index (χ0) is 14.0. The number of hydrogen-bond donors (Lipinski definition) is 1. The minimum Gasteiger partial charge on any atom is -0.357 e. The van der Waals surface area contributed by atoms with E-state index in [1.54, 1.807) is 0 Å². The van der Waals surface area contributed by atoms with Crippen LogP contribution in [0.15, 0.2) is 12.5 Å². The summed E-state index contributed by atoms with van der Waals surface area (Å²) in [5.74, 6) is -0.365. The summed E-state index contributed by atoms with van der Waals surface area (Å²) in [7, 11) is 0. The molecule has 0 spiro atoms. The van der Waals surface area contributed by atoms with Crippen LogP contribution in [0.1, 0.15) is 6.42 Å². The van der Waals surface area contributed by atoms with Crippen molar-refractivity contribution in [2.24, 2.45) is 0 Å². The molecule has 0 radical (unpaired) electrons. The lowest BCUT2D eigenvalue weighted by Gasteiger charge is -2.19. The van der Waals surface area contributed by atoms with Crippen LogP contribution >= 0.6 is 11.6 Å². The molecule has 2 rings (SSSR count). The molecule has 9 heteroatoms. The third kappa shape index (κ3) is 3.46. The van der Waals surface area contributed by atoms with Crippen molar-refractivity contribution >= 4 is 23.3 Å². The zero-order valence-electron chi connectivity index (χ0n) is 9.62. The van der Waals surface area contributed by atoms with Crippen LogP contribution in [-0.2, 0) is 4.79 Å². The molecule has 5 nitrogen and oxygen atoms in total. The Bertz CT molecular complexity index is 482. The Morgan fingerprint density at radius 1 is 1.53 bits per heavy atom. The van der Waals surface area contributed by atoms with Crippen molar-refractivity contribution in [2.75, 3.05) is 18.4 Å². The molecule has 104 valence electrons. The van der Waals surface area contributed by atoms with Gasteiger partial charge in [0.25, 0.3) is 0 Å². The van der Waals surface area contributed by atoms with E-state index < -0.39 is 24.7 Å². The first kappa shape index (κ1) is 13.9. The van der Waals surface area contributed by atoms with Gasteiger partial charge in [-0.2, -0.15) is 13.2 Å². The summed E-state index contributed by atoms with van der Waals surface area (Å²) in [4.78, 5) is 20.0. The quantitative estimate of drug-likeness (QED) is 0.922. The van der Waals surface area contributed by atoms with Crippen LogP contribution in [0.4, 0.5) is 19.0 Å². The summed E-state index contributed by atoms with van der Waals surface area (Å²) in [6.07, 6.45) is -1.54. The van der Waals surface area contributed by atoms with Gasteiger partial charge in [0.1, 0.15) is 29.8 Å². The maximum absolute atomic E-state index is 12.2. The molecule has 19 heavy (non-hydrogen) atoms. The molecule has 1 aliphatic heterocycles. The molecular weight excluding hydrogens is 285 g/mol. The monoisotopic (exact) mass is 294 g/mol. The van der Waals surface area contributed by atoms with Gasteiger partial charge in [0.2, 0.25) is 5.91 Å². The molecule has 1 unspecified atom stereocenters. The molecule has 0 saturated carbocycles. The Morgan fingerprint density at radius 2 is 2.26 bits per heavy atom. The minimum atomic E-state index is -4.39. The molecule has 1 saturated heterocycles. The van der Waals surface area contributed by atoms with Crippen molar-refractivity contribution in [3.05, 3.63) is 17.5 Å². The van der Waals surface area contributed by atoms with Gasteiger partial charge in [0.05, 0.1) is 6.20 Å². The number of amides is 1. The second-order valence-corrected chi connectivity index (χ2v) is 4.49. The van der Waals surface area contributed by atoms with Crippen LogP contribution in [0.25, 0.3) is 0 Å². The van der Waals surface area contributed by atoms with Gasteiger partial charge < -0.3 is 10.2 Å². The number of hydrogen-bond acceptors (Lipinski definition) is 4. The van der Waals surface area contributed by atoms with Gasteiger partial charge in [-0.3, -0.25) is 4.79 Å². The summed E-state index contributed by atoms with van der Waals surface area (Å²) < 4.78 is 36.7. The van der Waals surface area contributed by atoms with Crippen LogP contribution < -0.4 is 5.32 Å². The minimum absolute atomic E-state index is 0.0543. The molecule has 1 fully saturated rings. The normalized spacial score (nSPS) is 19.9. The standard InChI is InChI=1S/C10H10ClF3N4O/c11-6-3-15-5-16-8(6)17-7-1-2-18(9(7)19)4-10(12,13)14/h3,5,7H,1-2,4H2,(H,15,16,17). The van der Waals surface area contributed by atoms with Gasteiger partial charge in [-0.25, -0.2) is 9.97 Å². The Balaban J connectivity index is 2.01. The second kappa shape index (κ2) is 5.20. The Labute approximate surface area is 111 Å². The van der Waals surface area contributed by atoms with Gasteiger partial charge in [0.15, 0.2) is 0 Å². The van der Waals surface area contributed by atoms with Crippen molar-refractivity contribution < 1.29 is 18.0 Å². The molecule has 1 N–H and O–H groups in total. The van der Waals surface area contributed by atoms with Crippen molar-refractivity contribution in [2.45, 2.75) is 18.6 Å². The number of rotatable bonds is 3. The first-order valence-corrected chi connectivity index (χ1v) is 5.82. The SMILES string of the molecule is O=C1C(Nc2ncncc2Cl)CCN1CC(F)(F)F. The number of nitrogens with zero attached hydrogens (tertiary/aromatic N) is 3. The Morgan fingerprint density at radius 3 is 2.89 bits per heavy atom. The van der Waals surface area contributed by atoms with E-state index in [-0.39, 0.29) is 23.8 Å². The summed E-state index contributed by atoms with van der Waals surface area (Å²) in [6.45, 7) is -1.18. The van der Waals surface area contributed by atoms with Crippen molar-refractivity contribution in [1.29, 1.82) is 0 Å². The predicted octanol–water partition coefficient (Wildman–Crippen LogP) is 1.71. The number of aromatic nitrogens is 2. The number of carbonyl (C=O) groups is 1. The first-order chi connectivity index (χ1) is 8.87. The van der Waals surface area contributed by atoms with Crippen LogP contribution in [0.2, 0.25) is 5.02 Å². The average molecular weight is 295 g/mol. The van der Waals surface area contributed by atoms with Crippen molar-refractivity contribution in [3.8, 4) is 0 Å². The van der Waals surface area contributed by atoms with Crippen LogP contribution in [0, 0.1) is 0 Å². The first-order valence-electron chi connectivity index (χ1n) is 5.44. The van der Waals surface area contributed by atoms with Crippen molar-refractivity contribution in [1.82, 2.24) is 14.9 Å². The Hall–Kier alpha value is -1.57. The third-order valence-corrected chi connectivity index (χ3v) is 2.92. The van der Waals surface area contributed by atoms with E-state index in [4.69, 9.17) is 11.6 Å². The fourth-order valence-electron chi connectivity index (χ4n) is 1.83. The second-order valence-electron chi connectivity index (χ2n) is 4.08. The fraction of sp³-hybridized carbons (Fsp3) is 0.500. The molecule has 1 atom stereocenters. The maximum atomic E-state index is 12.2. The molecule has 0 bridgehead atoms. The van der Waals surface area contributed by atoms with Crippen molar-refractivity contribution in [3.63, 3.8) is 0 Å². The maximum Gasteiger partial charge on any atom is 0.406 e. The third-order valence-electron chi connectivity index (χ3n) is 2.65. The largest absolute Gasteiger partial charge is 0.406 e. The molecule has 0 aromatic carbocycles. The van der Waals surface area contributed by atoms with E-state index in [1.807, 2.05) is 0 Å². The number of carbonyl (C=O) groups excluding carboxylic acids is 1. The lowest BCUT2D eigenvalue weighted by Crippen LogP contribution is -2.39. The summed E-state index contributed by atoms with van der Waals surface area (Å²) >= 11 is 5.80.